The number of carbonyl (C=O) groups is 1. The fraction of sp³-hybridized carbons (Fsp3) is 0.462. The summed E-state index contributed by atoms with van der Waals surface area (Å²) in [5.74, 6) is -0.733. The van der Waals surface area contributed by atoms with Crippen molar-refractivity contribution < 1.29 is 26.4 Å². The van der Waals surface area contributed by atoms with E-state index in [-0.39, 0.29) is 4.90 Å². The van der Waals surface area contributed by atoms with Crippen LogP contribution in [0.25, 0.3) is 0 Å². The number of rotatable bonds is 6. The zero-order valence-corrected chi connectivity index (χ0v) is 12.9. The number of benzene rings is 1. The molecular weight excluding hydrogens is 321 g/mol. The SMILES string of the molecule is C[C@H](NS(=O)(=O)c1ccccc1)C(=O)N(C)CCC(F)(F)F. The third kappa shape index (κ3) is 5.64. The predicted molar refractivity (Wildman–Crippen MR) is 74.5 cm³/mol. The van der Waals surface area contributed by atoms with Crippen molar-refractivity contribution in [2.45, 2.75) is 30.5 Å². The standard InChI is InChI=1S/C13H17F3N2O3S/c1-10(12(19)18(2)9-8-13(14,15)16)17-22(20,21)11-6-4-3-5-7-11/h3-7,10,17H,8-9H2,1-2H3/t10-/m0/s1. The highest BCUT2D eigenvalue weighted by atomic mass is 32.2. The molecule has 0 unspecified atom stereocenters. The molecule has 0 fully saturated rings. The Hall–Kier alpha value is -1.61. The van der Waals surface area contributed by atoms with Crippen LogP contribution in [0.1, 0.15) is 13.3 Å². The maximum atomic E-state index is 12.1. The molecule has 1 amide bonds. The van der Waals surface area contributed by atoms with Crippen molar-refractivity contribution in [2.75, 3.05) is 13.6 Å². The van der Waals surface area contributed by atoms with Crippen LogP contribution in [0.4, 0.5) is 13.2 Å². The van der Waals surface area contributed by atoms with Crippen LogP contribution in [0.5, 0.6) is 0 Å². The number of carbonyl (C=O) groups excluding carboxylic acids is 1. The number of nitrogens with one attached hydrogen (secondary N) is 1. The Morgan fingerprint density at radius 2 is 1.82 bits per heavy atom. The van der Waals surface area contributed by atoms with E-state index in [1.165, 1.54) is 38.2 Å². The first-order chi connectivity index (χ1) is 10.0. The zero-order valence-electron chi connectivity index (χ0n) is 12.1. The van der Waals surface area contributed by atoms with Crippen molar-refractivity contribution in [1.29, 1.82) is 0 Å². The summed E-state index contributed by atoms with van der Waals surface area (Å²) in [6.07, 6.45) is -5.52. The molecule has 0 bridgehead atoms. The number of nitrogens with zero attached hydrogens (tertiary/aromatic N) is 1. The molecule has 0 heterocycles. The van der Waals surface area contributed by atoms with Crippen molar-refractivity contribution in [3.05, 3.63) is 30.3 Å². The molecule has 0 aliphatic carbocycles. The summed E-state index contributed by atoms with van der Waals surface area (Å²) in [6, 6.07) is 6.23. The van der Waals surface area contributed by atoms with E-state index in [9.17, 15) is 26.4 Å². The number of alkyl halides is 3. The second-order valence-electron chi connectivity index (χ2n) is 4.78. The Balaban J connectivity index is 2.68. The van der Waals surface area contributed by atoms with Gasteiger partial charge >= 0.3 is 6.18 Å². The number of likely N-dealkylation sites (N-methyl/N-ethyl adjacent to an activating group) is 1. The molecule has 0 aliphatic rings. The van der Waals surface area contributed by atoms with Gasteiger partial charge in [-0.05, 0) is 19.1 Å². The van der Waals surface area contributed by atoms with Crippen molar-refractivity contribution in [2.24, 2.45) is 0 Å². The van der Waals surface area contributed by atoms with Crippen molar-refractivity contribution in [1.82, 2.24) is 9.62 Å². The average Bonchev–Trinajstić information content (AvgIpc) is 2.43. The van der Waals surface area contributed by atoms with Crippen LogP contribution in [-0.4, -0.2) is 45.0 Å². The molecule has 0 spiro atoms. The van der Waals surface area contributed by atoms with E-state index in [0.717, 1.165) is 4.90 Å². The van der Waals surface area contributed by atoms with E-state index in [0.29, 0.717) is 0 Å². The lowest BCUT2D eigenvalue weighted by molar-refractivity contribution is -0.144. The van der Waals surface area contributed by atoms with Gasteiger partial charge in [-0.15, -0.1) is 0 Å². The second kappa shape index (κ2) is 7.10. The second-order valence-corrected chi connectivity index (χ2v) is 6.49. The maximum Gasteiger partial charge on any atom is 0.390 e. The first kappa shape index (κ1) is 18.4. The Labute approximate surface area is 127 Å². The minimum atomic E-state index is -4.37. The number of amides is 1. The van der Waals surface area contributed by atoms with E-state index in [2.05, 4.69) is 4.72 Å². The molecule has 1 rings (SSSR count). The normalized spacial score (nSPS) is 13.7. The van der Waals surface area contributed by atoms with Crippen molar-refractivity contribution in [3.63, 3.8) is 0 Å². The fourth-order valence-corrected chi connectivity index (χ4v) is 2.90. The molecule has 1 aromatic carbocycles. The lowest BCUT2D eigenvalue weighted by atomic mass is 10.3. The zero-order chi connectivity index (χ0) is 17.0. The van der Waals surface area contributed by atoms with Gasteiger partial charge in [0.25, 0.3) is 0 Å². The topological polar surface area (TPSA) is 66.5 Å². The molecule has 0 saturated heterocycles. The van der Waals surface area contributed by atoms with Gasteiger partial charge in [0.1, 0.15) is 0 Å². The quantitative estimate of drug-likeness (QED) is 0.860. The van der Waals surface area contributed by atoms with Gasteiger partial charge in [0.05, 0.1) is 17.4 Å². The molecule has 0 aromatic heterocycles. The highest BCUT2D eigenvalue weighted by molar-refractivity contribution is 7.89. The van der Waals surface area contributed by atoms with E-state index >= 15 is 0 Å². The number of hydrogen-bond donors (Lipinski definition) is 1. The maximum absolute atomic E-state index is 12.1. The fourth-order valence-electron chi connectivity index (χ4n) is 1.69. The summed E-state index contributed by atoms with van der Waals surface area (Å²) in [5.41, 5.74) is 0. The van der Waals surface area contributed by atoms with Gasteiger partial charge in [0, 0.05) is 13.6 Å². The summed E-state index contributed by atoms with van der Waals surface area (Å²) in [6.45, 7) is 0.757. The smallest absolute Gasteiger partial charge is 0.344 e. The van der Waals surface area contributed by atoms with E-state index in [4.69, 9.17) is 0 Å². The van der Waals surface area contributed by atoms with Crippen LogP contribution in [-0.2, 0) is 14.8 Å². The lowest BCUT2D eigenvalue weighted by Gasteiger charge is -2.22. The molecule has 5 nitrogen and oxygen atoms in total. The minimum absolute atomic E-state index is 0.0207. The molecule has 1 aromatic rings. The van der Waals surface area contributed by atoms with Crippen molar-refractivity contribution in [3.8, 4) is 0 Å². The summed E-state index contributed by atoms with van der Waals surface area (Å²) in [5, 5.41) is 0. The van der Waals surface area contributed by atoms with Crippen LogP contribution in [0.3, 0.4) is 0 Å². The summed E-state index contributed by atoms with van der Waals surface area (Å²) in [7, 11) is -2.71. The average molecular weight is 338 g/mol. The Morgan fingerprint density at radius 3 is 2.32 bits per heavy atom. The third-order valence-electron chi connectivity index (χ3n) is 2.86. The molecule has 124 valence electrons. The first-order valence-electron chi connectivity index (χ1n) is 6.42. The van der Waals surface area contributed by atoms with Gasteiger partial charge in [-0.25, -0.2) is 8.42 Å². The third-order valence-corrected chi connectivity index (χ3v) is 4.42. The van der Waals surface area contributed by atoms with Gasteiger partial charge in [-0.2, -0.15) is 17.9 Å². The Bertz CT molecular complexity index is 603. The number of hydrogen-bond acceptors (Lipinski definition) is 3. The summed E-state index contributed by atoms with van der Waals surface area (Å²) >= 11 is 0. The van der Waals surface area contributed by atoms with Gasteiger partial charge in [-0.1, -0.05) is 18.2 Å². The predicted octanol–water partition coefficient (Wildman–Crippen LogP) is 1.76. The van der Waals surface area contributed by atoms with Crippen LogP contribution >= 0.6 is 0 Å². The highest BCUT2D eigenvalue weighted by Crippen LogP contribution is 2.19. The van der Waals surface area contributed by atoms with Crippen LogP contribution in [0, 0.1) is 0 Å². The Morgan fingerprint density at radius 1 is 1.27 bits per heavy atom. The van der Waals surface area contributed by atoms with E-state index < -0.39 is 41.1 Å². The molecule has 1 atom stereocenters. The van der Waals surface area contributed by atoms with Gasteiger partial charge in [-0.3, -0.25) is 4.79 Å². The van der Waals surface area contributed by atoms with Crippen LogP contribution < -0.4 is 4.72 Å². The van der Waals surface area contributed by atoms with Gasteiger partial charge in [0.2, 0.25) is 15.9 Å². The summed E-state index contributed by atoms with van der Waals surface area (Å²) < 4.78 is 62.6. The lowest BCUT2D eigenvalue weighted by Crippen LogP contribution is -2.46. The molecule has 0 radical (unpaired) electrons. The Kier molecular flexibility index (Phi) is 5.95. The van der Waals surface area contributed by atoms with Crippen LogP contribution in [0.2, 0.25) is 0 Å². The number of sulfonamides is 1. The molecule has 9 heteroatoms. The summed E-state index contributed by atoms with van der Waals surface area (Å²) in [4.78, 5) is 12.7. The monoisotopic (exact) mass is 338 g/mol. The van der Waals surface area contributed by atoms with E-state index in [1.807, 2.05) is 0 Å². The molecule has 0 saturated carbocycles. The number of halogens is 3. The molecule has 22 heavy (non-hydrogen) atoms. The minimum Gasteiger partial charge on any atom is -0.344 e. The van der Waals surface area contributed by atoms with Gasteiger partial charge in [0.15, 0.2) is 0 Å². The van der Waals surface area contributed by atoms with E-state index in [1.54, 1.807) is 6.07 Å². The van der Waals surface area contributed by atoms with Gasteiger partial charge < -0.3 is 4.90 Å². The molecule has 1 N–H and O–H groups in total. The van der Waals surface area contributed by atoms with Crippen LogP contribution in [0.15, 0.2) is 35.2 Å². The molecular formula is C13H17F3N2O3S. The van der Waals surface area contributed by atoms with Crippen molar-refractivity contribution >= 4 is 15.9 Å². The highest BCUT2D eigenvalue weighted by Gasteiger charge is 2.30. The first-order valence-corrected chi connectivity index (χ1v) is 7.90. The molecule has 0 aliphatic heterocycles. The largest absolute Gasteiger partial charge is 0.390 e.